The van der Waals surface area contributed by atoms with Crippen molar-refractivity contribution in [1.82, 2.24) is 4.90 Å². The molecule has 1 unspecified atom stereocenters. The zero-order valence-electron chi connectivity index (χ0n) is 13.0. The largest absolute Gasteiger partial charge is 0.481 e. The van der Waals surface area contributed by atoms with Crippen LogP contribution in [-0.2, 0) is 19.1 Å². The molecule has 1 amide bonds. The molecule has 0 rings (SSSR count). The number of amides is 1. The molecule has 0 aliphatic rings. The maximum atomic E-state index is 12.3. The van der Waals surface area contributed by atoms with E-state index in [9.17, 15) is 14.4 Å². The molecule has 0 aliphatic heterocycles. The second kappa shape index (κ2) is 10.1. The molecular formula is C14H26N2O5. The first kappa shape index (κ1) is 19.4. The third kappa shape index (κ3) is 7.65. The Labute approximate surface area is 125 Å². The van der Waals surface area contributed by atoms with Gasteiger partial charge in [-0.2, -0.15) is 0 Å². The fraction of sp³-hybridized carbons (Fsp3) is 0.786. The fourth-order valence-electron chi connectivity index (χ4n) is 1.95. The Morgan fingerprint density at radius 1 is 1.24 bits per heavy atom. The highest BCUT2D eigenvalue weighted by Gasteiger charge is 2.25. The van der Waals surface area contributed by atoms with Crippen LogP contribution in [0.3, 0.4) is 0 Å². The van der Waals surface area contributed by atoms with Crippen molar-refractivity contribution in [1.29, 1.82) is 0 Å². The van der Waals surface area contributed by atoms with Crippen LogP contribution in [0.5, 0.6) is 0 Å². The summed E-state index contributed by atoms with van der Waals surface area (Å²) in [5.74, 6) is -1.66. The maximum absolute atomic E-state index is 12.3. The summed E-state index contributed by atoms with van der Waals surface area (Å²) in [5.41, 5.74) is 5.74. The summed E-state index contributed by atoms with van der Waals surface area (Å²) < 4.78 is 4.59. The SMILES string of the molecule is CCC(CC)CN(CC(=O)OC)C(=O)C(N)CCC(=O)O. The van der Waals surface area contributed by atoms with E-state index in [0.29, 0.717) is 6.54 Å². The quantitative estimate of drug-likeness (QED) is 0.572. The summed E-state index contributed by atoms with van der Waals surface area (Å²) in [6, 6.07) is -0.917. The van der Waals surface area contributed by atoms with Gasteiger partial charge in [-0.25, -0.2) is 0 Å². The Morgan fingerprint density at radius 3 is 2.24 bits per heavy atom. The van der Waals surface area contributed by atoms with E-state index in [4.69, 9.17) is 10.8 Å². The van der Waals surface area contributed by atoms with E-state index in [2.05, 4.69) is 4.74 Å². The predicted octanol–water partition coefficient (Wildman–Crippen LogP) is 0.616. The van der Waals surface area contributed by atoms with Crippen LogP contribution in [0.2, 0.25) is 0 Å². The molecule has 3 N–H and O–H groups in total. The number of rotatable bonds is 10. The van der Waals surface area contributed by atoms with Crippen molar-refractivity contribution in [2.24, 2.45) is 11.7 Å². The van der Waals surface area contributed by atoms with Crippen LogP contribution in [0.15, 0.2) is 0 Å². The first-order chi connectivity index (χ1) is 9.85. The van der Waals surface area contributed by atoms with Gasteiger partial charge in [0.25, 0.3) is 0 Å². The molecule has 7 nitrogen and oxygen atoms in total. The van der Waals surface area contributed by atoms with Gasteiger partial charge in [-0.3, -0.25) is 14.4 Å². The summed E-state index contributed by atoms with van der Waals surface area (Å²) in [4.78, 5) is 35.6. The van der Waals surface area contributed by atoms with E-state index >= 15 is 0 Å². The first-order valence-corrected chi connectivity index (χ1v) is 7.18. The fourth-order valence-corrected chi connectivity index (χ4v) is 1.95. The molecule has 21 heavy (non-hydrogen) atoms. The van der Waals surface area contributed by atoms with Crippen LogP contribution in [0.4, 0.5) is 0 Å². The number of methoxy groups -OCH3 is 1. The van der Waals surface area contributed by atoms with Crippen LogP contribution in [-0.4, -0.2) is 54.1 Å². The van der Waals surface area contributed by atoms with Gasteiger partial charge in [-0.1, -0.05) is 26.7 Å². The van der Waals surface area contributed by atoms with Crippen LogP contribution in [0, 0.1) is 5.92 Å². The second-order valence-corrected chi connectivity index (χ2v) is 5.02. The minimum Gasteiger partial charge on any atom is -0.481 e. The van der Waals surface area contributed by atoms with Crippen molar-refractivity contribution in [3.05, 3.63) is 0 Å². The minimum absolute atomic E-state index is 0.0504. The van der Waals surface area contributed by atoms with E-state index in [1.54, 1.807) is 0 Å². The zero-order valence-corrected chi connectivity index (χ0v) is 13.0. The van der Waals surface area contributed by atoms with Gasteiger partial charge in [0.2, 0.25) is 5.91 Å². The third-order valence-corrected chi connectivity index (χ3v) is 3.48. The molecule has 0 saturated carbocycles. The standard InChI is InChI=1S/C14H26N2O5/c1-4-10(5-2)8-16(9-13(19)21-3)14(20)11(15)6-7-12(17)18/h10-11H,4-9,15H2,1-3H3,(H,17,18). The van der Waals surface area contributed by atoms with Crippen LogP contribution in [0.1, 0.15) is 39.5 Å². The molecule has 0 bridgehead atoms. The van der Waals surface area contributed by atoms with Crippen molar-refractivity contribution in [2.75, 3.05) is 20.2 Å². The molecule has 0 aromatic carbocycles. The lowest BCUT2D eigenvalue weighted by Gasteiger charge is -2.28. The molecule has 0 saturated heterocycles. The number of nitrogens with zero attached hydrogens (tertiary/aromatic N) is 1. The van der Waals surface area contributed by atoms with E-state index in [0.717, 1.165) is 12.8 Å². The minimum atomic E-state index is -1.00. The van der Waals surface area contributed by atoms with Gasteiger partial charge in [0.15, 0.2) is 0 Å². The number of carboxylic acids is 1. The van der Waals surface area contributed by atoms with Gasteiger partial charge >= 0.3 is 11.9 Å². The number of ether oxygens (including phenoxy) is 1. The number of carboxylic acid groups (broad SMARTS) is 1. The smallest absolute Gasteiger partial charge is 0.325 e. The molecule has 7 heteroatoms. The first-order valence-electron chi connectivity index (χ1n) is 7.18. The molecule has 122 valence electrons. The Morgan fingerprint density at radius 2 is 1.81 bits per heavy atom. The average molecular weight is 302 g/mol. The van der Waals surface area contributed by atoms with E-state index in [1.165, 1.54) is 12.0 Å². The summed E-state index contributed by atoms with van der Waals surface area (Å²) in [6.45, 7) is 4.28. The van der Waals surface area contributed by atoms with Gasteiger partial charge < -0.3 is 20.5 Å². The van der Waals surface area contributed by atoms with Crippen LogP contribution >= 0.6 is 0 Å². The van der Waals surface area contributed by atoms with Crippen molar-refractivity contribution in [3.63, 3.8) is 0 Å². The molecule has 0 heterocycles. The summed E-state index contributed by atoms with van der Waals surface area (Å²) >= 11 is 0. The Kier molecular flexibility index (Phi) is 9.36. The van der Waals surface area contributed by atoms with E-state index in [-0.39, 0.29) is 25.3 Å². The molecule has 0 spiro atoms. The molecule has 0 aromatic rings. The lowest BCUT2D eigenvalue weighted by molar-refractivity contribution is -0.148. The number of nitrogens with two attached hydrogens (primary N) is 1. The van der Waals surface area contributed by atoms with Crippen molar-refractivity contribution in [2.45, 2.75) is 45.6 Å². The summed E-state index contributed by atoms with van der Waals surface area (Å²) in [6.07, 6.45) is 1.64. The number of carbonyl (C=O) groups excluding carboxylic acids is 2. The van der Waals surface area contributed by atoms with Crippen molar-refractivity contribution >= 4 is 17.8 Å². The summed E-state index contributed by atoms with van der Waals surface area (Å²) in [7, 11) is 1.26. The highest BCUT2D eigenvalue weighted by Crippen LogP contribution is 2.12. The molecule has 0 aliphatic carbocycles. The second-order valence-electron chi connectivity index (χ2n) is 5.02. The van der Waals surface area contributed by atoms with Crippen LogP contribution in [0.25, 0.3) is 0 Å². The lowest BCUT2D eigenvalue weighted by atomic mass is 10.0. The maximum Gasteiger partial charge on any atom is 0.325 e. The highest BCUT2D eigenvalue weighted by atomic mass is 16.5. The van der Waals surface area contributed by atoms with Crippen LogP contribution < -0.4 is 5.73 Å². The van der Waals surface area contributed by atoms with Gasteiger partial charge in [0, 0.05) is 13.0 Å². The molecular weight excluding hydrogens is 276 g/mol. The average Bonchev–Trinajstić information content (AvgIpc) is 2.47. The van der Waals surface area contributed by atoms with Crippen molar-refractivity contribution in [3.8, 4) is 0 Å². The summed E-state index contributed by atoms with van der Waals surface area (Å²) in [5, 5.41) is 8.63. The predicted molar refractivity (Wildman–Crippen MR) is 77.5 cm³/mol. The van der Waals surface area contributed by atoms with Gasteiger partial charge in [-0.15, -0.1) is 0 Å². The Balaban J connectivity index is 4.78. The molecule has 1 atom stereocenters. The molecule has 0 aromatic heterocycles. The van der Waals surface area contributed by atoms with Gasteiger partial charge in [0.1, 0.15) is 6.54 Å². The highest BCUT2D eigenvalue weighted by molar-refractivity contribution is 5.86. The van der Waals surface area contributed by atoms with Gasteiger partial charge in [-0.05, 0) is 12.3 Å². The normalized spacial score (nSPS) is 12.0. The number of hydrogen-bond donors (Lipinski definition) is 2. The molecule has 0 radical (unpaired) electrons. The van der Waals surface area contributed by atoms with E-state index in [1.807, 2.05) is 13.8 Å². The Bertz CT molecular complexity index is 355. The van der Waals surface area contributed by atoms with Crippen molar-refractivity contribution < 1.29 is 24.2 Å². The molecule has 0 fully saturated rings. The number of carbonyl (C=O) groups is 3. The number of aliphatic carboxylic acids is 1. The topological polar surface area (TPSA) is 110 Å². The number of hydrogen-bond acceptors (Lipinski definition) is 5. The third-order valence-electron chi connectivity index (χ3n) is 3.48. The zero-order chi connectivity index (χ0) is 16.4. The Hall–Kier alpha value is -1.63. The van der Waals surface area contributed by atoms with Gasteiger partial charge in [0.05, 0.1) is 13.2 Å². The monoisotopic (exact) mass is 302 g/mol. The lowest BCUT2D eigenvalue weighted by Crippen LogP contribution is -2.48. The van der Waals surface area contributed by atoms with E-state index < -0.39 is 23.9 Å². The number of esters is 1.